The number of fused-ring (bicyclic) bond motifs is 1. The number of nitrogens with one attached hydrogen (secondary N) is 2. The molecular formula is C22H37IN6O. The Bertz CT molecular complexity index is 772. The lowest BCUT2D eigenvalue weighted by Gasteiger charge is -2.26. The summed E-state index contributed by atoms with van der Waals surface area (Å²) in [6, 6.07) is 8.33. The molecular weight excluding hydrogens is 491 g/mol. The van der Waals surface area contributed by atoms with E-state index in [4.69, 9.17) is 9.73 Å². The Balaban J connectivity index is 0.00000320. The molecule has 0 saturated carbocycles. The van der Waals surface area contributed by atoms with Crippen molar-refractivity contribution in [3.8, 4) is 0 Å². The fourth-order valence-electron chi connectivity index (χ4n) is 3.73. The molecule has 30 heavy (non-hydrogen) atoms. The summed E-state index contributed by atoms with van der Waals surface area (Å²) >= 11 is 0. The van der Waals surface area contributed by atoms with Crippen molar-refractivity contribution in [3.63, 3.8) is 0 Å². The summed E-state index contributed by atoms with van der Waals surface area (Å²) in [7, 11) is 0. The minimum atomic E-state index is 0. The Morgan fingerprint density at radius 1 is 1.10 bits per heavy atom. The average molecular weight is 528 g/mol. The van der Waals surface area contributed by atoms with Gasteiger partial charge in [0.2, 0.25) is 0 Å². The lowest BCUT2D eigenvalue weighted by atomic mass is 10.3. The molecule has 0 spiro atoms. The molecule has 0 unspecified atom stereocenters. The van der Waals surface area contributed by atoms with Crippen LogP contribution >= 0.6 is 24.0 Å². The van der Waals surface area contributed by atoms with E-state index in [1.807, 2.05) is 6.07 Å². The van der Waals surface area contributed by atoms with Gasteiger partial charge in [-0.05, 0) is 51.8 Å². The van der Waals surface area contributed by atoms with Crippen molar-refractivity contribution in [2.75, 3.05) is 52.5 Å². The molecule has 7 nitrogen and oxygen atoms in total. The van der Waals surface area contributed by atoms with E-state index in [0.717, 1.165) is 89.2 Å². The number of benzene rings is 1. The largest absolute Gasteiger partial charge is 0.379 e. The van der Waals surface area contributed by atoms with Crippen LogP contribution in [-0.2, 0) is 11.3 Å². The summed E-state index contributed by atoms with van der Waals surface area (Å²) in [5.74, 6) is 1.99. The monoisotopic (exact) mass is 528 g/mol. The van der Waals surface area contributed by atoms with E-state index in [1.54, 1.807) is 0 Å². The van der Waals surface area contributed by atoms with Gasteiger partial charge >= 0.3 is 0 Å². The van der Waals surface area contributed by atoms with Crippen molar-refractivity contribution in [1.82, 2.24) is 25.1 Å². The van der Waals surface area contributed by atoms with Gasteiger partial charge in [-0.15, -0.1) is 24.0 Å². The average Bonchev–Trinajstić information content (AvgIpc) is 3.06. The first-order chi connectivity index (χ1) is 14.3. The second-order valence-electron chi connectivity index (χ2n) is 7.50. The van der Waals surface area contributed by atoms with Gasteiger partial charge in [-0.1, -0.05) is 12.1 Å². The van der Waals surface area contributed by atoms with Crippen LogP contribution in [0.2, 0.25) is 0 Å². The van der Waals surface area contributed by atoms with Gasteiger partial charge in [-0.2, -0.15) is 0 Å². The van der Waals surface area contributed by atoms with Crippen LogP contribution in [0.25, 0.3) is 11.0 Å². The van der Waals surface area contributed by atoms with Gasteiger partial charge in [-0.3, -0.25) is 9.89 Å². The second kappa shape index (κ2) is 13.8. The third kappa shape index (κ3) is 7.70. The Morgan fingerprint density at radius 3 is 2.70 bits per heavy atom. The highest BCUT2D eigenvalue weighted by atomic mass is 127. The normalized spacial score (nSPS) is 15.2. The molecule has 2 aromatic rings. The van der Waals surface area contributed by atoms with Crippen molar-refractivity contribution in [2.45, 2.75) is 39.7 Å². The number of aromatic nitrogens is 2. The summed E-state index contributed by atoms with van der Waals surface area (Å²) in [5.41, 5.74) is 2.28. The zero-order chi connectivity index (χ0) is 20.3. The molecule has 0 amide bonds. The van der Waals surface area contributed by atoms with E-state index in [1.165, 1.54) is 11.9 Å². The van der Waals surface area contributed by atoms with Crippen LogP contribution in [-0.4, -0.2) is 72.9 Å². The maximum absolute atomic E-state index is 5.40. The van der Waals surface area contributed by atoms with Crippen LogP contribution < -0.4 is 10.6 Å². The predicted molar refractivity (Wildman–Crippen MR) is 135 cm³/mol. The minimum Gasteiger partial charge on any atom is -0.379 e. The maximum Gasteiger partial charge on any atom is 0.191 e. The SMILES string of the molecule is CCNC(=NCCCn1c(C)nc2ccccc21)NCCCCN1CCOCC1.I. The van der Waals surface area contributed by atoms with Gasteiger partial charge in [0.15, 0.2) is 5.96 Å². The molecule has 1 aromatic carbocycles. The number of morpholine rings is 1. The van der Waals surface area contributed by atoms with E-state index < -0.39 is 0 Å². The van der Waals surface area contributed by atoms with Crippen LogP contribution in [0.3, 0.4) is 0 Å². The van der Waals surface area contributed by atoms with Crippen molar-refractivity contribution >= 4 is 41.0 Å². The number of hydrogen-bond donors (Lipinski definition) is 2. The topological polar surface area (TPSA) is 66.7 Å². The molecule has 0 atom stereocenters. The Kier molecular flexibility index (Phi) is 11.5. The van der Waals surface area contributed by atoms with E-state index >= 15 is 0 Å². The quantitative estimate of drug-likeness (QED) is 0.215. The third-order valence-electron chi connectivity index (χ3n) is 5.30. The molecule has 0 aliphatic carbocycles. The number of ether oxygens (including phenoxy) is 1. The van der Waals surface area contributed by atoms with E-state index in [0.29, 0.717) is 0 Å². The first kappa shape index (κ1) is 24.9. The number of para-hydroxylation sites is 2. The molecule has 1 aliphatic heterocycles. The number of aryl methyl sites for hydroxylation is 2. The van der Waals surface area contributed by atoms with Gasteiger partial charge in [0.05, 0.1) is 24.2 Å². The van der Waals surface area contributed by atoms with E-state index in [9.17, 15) is 0 Å². The lowest BCUT2D eigenvalue weighted by Crippen LogP contribution is -2.39. The molecule has 0 bridgehead atoms. The fourth-order valence-corrected chi connectivity index (χ4v) is 3.73. The number of imidazole rings is 1. The first-order valence-electron chi connectivity index (χ1n) is 11.0. The zero-order valence-electron chi connectivity index (χ0n) is 18.4. The lowest BCUT2D eigenvalue weighted by molar-refractivity contribution is 0.0372. The number of rotatable bonds is 10. The summed E-state index contributed by atoms with van der Waals surface area (Å²) in [6.07, 6.45) is 3.36. The Hall–Kier alpha value is -1.39. The maximum atomic E-state index is 5.40. The van der Waals surface area contributed by atoms with Crippen LogP contribution in [0.5, 0.6) is 0 Å². The molecule has 3 rings (SSSR count). The highest BCUT2D eigenvalue weighted by Crippen LogP contribution is 2.15. The van der Waals surface area contributed by atoms with Gasteiger partial charge in [-0.25, -0.2) is 4.98 Å². The molecule has 2 heterocycles. The standard InChI is InChI=1S/C22H36N6O.HI/c1-3-23-22(24-11-6-7-13-27-15-17-29-18-16-27)25-12-8-14-28-19(2)26-20-9-4-5-10-21(20)28;/h4-5,9-10H,3,6-8,11-18H2,1-2H3,(H2,23,24,25);1H. The number of guanidine groups is 1. The van der Waals surface area contributed by atoms with Gasteiger partial charge in [0.1, 0.15) is 5.82 Å². The predicted octanol–water partition coefficient (Wildman–Crippen LogP) is 3.02. The smallest absolute Gasteiger partial charge is 0.191 e. The van der Waals surface area contributed by atoms with E-state index in [2.05, 4.69) is 57.1 Å². The first-order valence-corrected chi connectivity index (χ1v) is 11.0. The van der Waals surface area contributed by atoms with Gasteiger partial charge in [0.25, 0.3) is 0 Å². The van der Waals surface area contributed by atoms with Crippen molar-refractivity contribution in [1.29, 1.82) is 0 Å². The summed E-state index contributed by atoms with van der Waals surface area (Å²) in [6.45, 7) is 12.8. The van der Waals surface area contributed by atoms with Crippen LogP contribution in [0.4, 0.5) is 0 Å². The second-order valence-corrected chi connectivity index (χ2v) is 7.50. The molecule has 1 aliphatic rings. The number of unbranched alkanes of at least 4 members (excludes halogenated alkanes) is 1. The highest BCUT2D eigenvalue weighted by Gasteiger charge is 2.09. The van der Waals surface area contributed by atoms with Crippen LogP contribution in [0.1, 0.15) is 32.0 Å². The Morgan fingerprint density at radius 2 is 1.90 bits per heavy atom. The molecule has 168 valence electrons. The molecule has 8 heteroatoms. The fraction of sp³-hybridized carbons (Fsp3) is 0.636. The zero-order valence-corrected chi connectivity index (χ0v) is 20.7. The van der Waals surface area contributed by atoms with Crippen molar-refractivity contribution in [3.05, 3.63) is 30.1 Å². The number of halogens is 1. The van der Waals surface area contributed by atoms with E-state index in [-0.39, 0.29) is 24.0 Å². The number of hydrogen-bond acceptors (Lipinski definition) is 4. The summed E-state index contributed by atoms with van der Waals surface area (Å²) < 4.78 is 7.69. The van der Waals surface area contributed by atoms with Gasteiger partial charge in [0, 0.05) is 39.3 Å². The molecule has 1 fully saturated rings. The van der Waals surface area contributed by atoms with Crippen molar-refractivity contribution < 1.29 is 4.74 Å². The Labute approximate surface area is 197 Å². The summed E-state index contributed by atoms with van der Waals surface area (Å²) in [5, 5.41) is 6.82. The third-order valence-corrected chi connectivity index (χ3v) is 5.30. The molecule has 1 aromatic heterocycles. The van der Waals surface area contributed by atoms with Crippen LogP contribution in [0.15, 0.2) is 29.3 Å². The van der Waals surface area contributed by atoms with Crippen LogP contribution in [0, 0.1) is 6.92 Å². The number of aliphatic imine (C=N–C) groups is 1. The minimum absolute atomic E-state index is 0. The van der Waals surface area contributed by atoms with Crippen molar-refractivity contribution in [2.24, 2.45) is 4.99 Å². The molecule has 0 radical (unpaired) electrons. The molecule has 1 saturated heterocycles. The molecule has 2 N–H and O–H groups in total. The highest BCUT2D eigenvalue weighted by molar-refractivity contribution is 14.0. The van der Waals surface area contributed by atoms with Gasteiger partial charge < -0.3 is 19.9 Å². The summed E-state index contributed by atoms with van der Waals surface area (Å²) in [4.78, 5) is 11.9. The number of nitrogens with zero attached hydrogens (tertiary/aromatic N) is 4.